The monoisotopic (exact) mass is 251 g/mol. The normalized spacial score (nSPS) is 15.1. The first-order chi connectivity index (χ1) is 8.50. The maximum atomic E-state index is 9.85. The Hall–Kier alpha value is -0.900. The molecular weight excluding hydrogens is 226 g/mol. The summed E-state index contributed by atoms with van der Waals surface area (Å²) in [4.78, 5) is 0. The van der Waals surface area contributed by atoms with E-state index in [-0.39, 0.29) is 18.8 Å². The Bertz CT molecular complexity index is 338. The smallest absolute Gasteiger partial charge is 0.0908 e. The van der Waals surface area contributed by atoms with Gasteiger partial charge in [0.25, 0.3) is 0 Å². The van der Waals surface area contributed by atoms with E-state index in [0.717, 1.165) is 5.56 Å². The molecule has 18 heavy (non-hydrogen) atoms. The maximum absolute atomic E-state index is 9.85. The molecule has 0 fully saturated rings. The minimum atomic E-state index is -0.528. The van der Waals surface area contributed by atoms with Crippen LogP contribution in [0.1, 0.15) is 33.3 Å². The van der Waals surface area contributed by atoms with Crippen molar-refractivity contribution in [3.05, 3.63) is 35.9 Å². The Balaban J connectivity index is 2.98. The second-order valence-electron chi connectivity index (χ2n) is 5.27. The molecular formula is C15H25NO2. The molecule has 2 N–H and O–H groups in total. The maximum Gasteiger partial charge on any atom is 0.0908 e. The van der Waals surface area contributed by atoms with Crippen molar-refractivity contribution >= 4 is 0 Å². The molecule has 1 rings (SSSR count). The lowest BCUT2D eigenvalue weighted by atomic mass is 9.90. The van der Waals surface area contributed by atoms with Gasteiger partial charge in [-0.15, -0.1) is 0 Å². The number of hydrogen-bond donors (Lipinski definition) is 2. The summed E-state index contributed by atoms with van der Waals surface area (Å²) in [7, 11) is 0. The van der Waals surface area contributed by atoms with E-state index < -0.39 is 5.54 Å². The SMILES string of the molecule is CC(C)NC(CO)(COC(C)C)c1ccccc1. The molecule has 1 atom stereocenters. The summed E-state index contributed by atoms with van der Waals surface area (Å²) in [5.74, 6) is 0. The molecule has 3 heteroatoms. The lowest BCUT2D eigenvalue weighted by Crippen LogP contribution is -2.52. The van der Waals surface area contributed by atoms with Gasteiger partial charge in [0.05, 0.1) is 24.9 Å². The Kier molecular flexibility index (Phi) is 5.79. The fourth-order valence-corrected chi connectivity index (χ4v) is 2.01. The Morgan fingerprint density at radius 1 is 1.17 bits per heavy atom. The highest BCUT2D eigenvalue weighted by molar-refractivity contribution is 5.25. The summed E-state index contributed by atoms with van der Waals surface area (Å²) >= 11 is 0. The fourth-order valence-electron chi connectivity index (χ4n) is 2.01. The van der Waals surface area contributed by atoms with Crippen molar-refractivity contribution in [2.75, 3.05) is 13.2 Å². The number of aliphatic hydroxyl groups excluding tert-OH is 1. The van der Waals surface area contributed by atoms with Crippen LogP contribution in [0, 0.1) is 0 Å². The zero-order chi connectivity index (χ0) is 13.6. The van der Waals surface area contributed by atoms with Gasteiger partial charge < -0.3 is 15.2 Å². The summed E-state index contributed by atoms with van der Waals surface area (Å²) in [5, 5.41) is 13.3. The molecule has 0 saturated heterocycles. The van der Waals surface area contributed by atoms with Gasteiger partial charge in [-0.1, -0.05) is 30.3 Å². The van der Waals surface area contributed by atoms with E-state index >= 15 is 0 Å². The second-order valence-corrected chi connectivity index (χ2v) is 5.27. The molecule has 0 aliphatic carbocycles. The van der Waals surface area contributed by atoms with Gasteiger partial charge >= 0.3 is 0 Å². The number of rotatable bonds is 7. The number of aliphatic hydroxyl groups is 1. The Labute approximate surface area is 110 Å². The lowest BCUT2D eigenvalue weighted by Gasteiger charge is -2.36. The van der Waals surface area contributed by atoms with Crippen LogP contribution < -0.4 is 5.32 Å². The third-order valence-electron chi connectivity index (χ3n) is 2.82. The number of benzene rings is 1. The van der Waals surface area contributed by atoms with Crippen LogP contribution in [0.25, 0.3) is 0 Å². The molecule has 1 unspecified atom stereocenters. The summed E-state index contributed by atoms with van der Waals surface area (Å²) in [6.07, 6.45) is 0.147. The molecule has 0 amide bonds. The van der Waals surface area contributed by atoms with Crippen molar-refractivity contribution in [2.24, 2.45) is 0 Å². The highest BCUT2D eigenvalue weighted by Crippen LogP contribution is 2.22. The van der Waals surface area contributed by atoms with E-state index in [4.69, 9.17) is 4.74 Å². The van der Waals surface area contributed by atoms with Gasteiger partial charge in [0.15, 0.2) is 0 Å². The molecule has 0 aromatic heterocycles. The molecule has 0 aliphatic heterocycles. The lowest BCUT2D eigenvalue weighted by molar-refractivity contribution is -0.000474. The standard InChI is InChI=1S/C15H25NO2/c1-12(2)16-15(10-17,11-18-13(3)4)14-8-6-5-7-9-14/h5-9,12-13,16-17H,10-11H2,1-4H3. The van der Waals surface area contributed by atoms with Gasteiger partial charge in [-0.25, -0.2) is 0 Å². The molecule has 0 radical (unpaired) electrons. The number of ether oxygens (including phenoxy) is 1. The van der Waals surface area contributed by atoms with Crippen LogP contribution >= 0.6 is 0 Å². The second kappa shape index (κ2) is 6.88. The van der Waals surface area contributed by atoms with E-state index in [1.807, 2.05) is 44.2 Å². The minimum Gasteiger partial charge on any atom is -0.394 e. The predicted molar refractivity (Wildman–Crippen MR) is 74.6 cm³/mol. The zero-order valence-electron chi connectivity index (χ0n) is 11.8. The van der Waals surface area contributed by atoms with E-state index in [0.29, 0.717) is 6.61 Å². The van der Waals surface area contributed by atoms with E-state index in [1.165, 1.54) is 0 Å². The van der Waals surface area contributed by atoms with E-state index in [1.54, 1.807) is 0 Å². The topological polar surface area (TPSA) is 41.5 Å². The van der Waals surface area contributed by atoms with Gasteiger partial charge in [-0.2, -0.15) is 0 Å². The first-order valence-electron chi connectivity index (χ1n) is 6.56. The van der Waals surface area contributed by atoms with Crippen LogP contribution in [-0.4, -0.2) is 30.5 Å². The minimum absolute atomic E-state index is 0.0158. The zero-order valence-corrected chi connectivity index (χ0v) is 11.8. The largest absolute Gasteiger partial charge is 0.394 e. The summed E-state index contributed by atoms with van der Waals surface area (Å²) in [6, 6.07) is 10.3. The summed E-state index contributed by atoms with van der Waals surface area (Å²) in [6.45, 7) is 8.63. The first-order valence-corrected chi connectivity index (χ1v) is 6.56. The van der Waals surface area contributed by atoms with Crippen molar-refractivity contribution in [3.8, 4) is 0 Å². The fraction of sp³-hybridized carbons (Fsp3) is 0.600. The first kappa shape index (κ1) is 15.2. The Morgan fingerprint density at radius 2 is 1.78 bits per heavy atom. The van der Waals surface area contributed by atoms with Gasteiger partial charge in [-0.3, -0.25) is 0 Å². The average molecular weight is 251 g/mol. The molecule has 0 bridgehead atoms. The number of hydrogen-bond acceptors (Lipinski definition) is 3. The molecule has 1 aromatic rings. The molecule has 1 aromatic carbocycles. The van der Waals surface area contributed by atoms with Crippen LogP contribution in [0.3, 0.4) is 0 Å². The third kappa shape index (κ3) is 4.09. The van der Waals surface area contributed by atoms with Gasteiger partial charge in [-0.05, 0) is 33.3 Å². The quantitative estimate of drug-likeness (QED) is 0.781. The van der Waals surface area contributed by atoms with Crippen LogP contribution in [-0.2, 0) is 10.3 Å². The van der Waals surface area contributed by atoms with E-state index in [9.17, 15) is 5.11 Å². The van der Waals surface area contributed by atoms with Gasteiger partial charge in [0.1, 0.15) is 0 Å². The summed E-state index contributed by atoms with van der Waals surface area (Å²) in [5.41, 5.74) is 0.529. The van der Waals surface area contributed by atoms with Crippen molar-refractivity contribution < 1.29 is 9.84 Å². The Morgan fingerprint density at radius 3 is 2.22 bits per heavy atom. The van der Waals surface area contributed by atoms with Crippen LogP contribution in [0.15, 0.2) is 30.3 Å². The highest BCUT2D eigenvalue weighted by atomic mass is 16.5. The van der Waals surface area contributed by atoms with E-state index in [2.05, 4.69) is 19.2 Å². The highest BCUT2D eigenvalue weighted by Gasteiger charge is 2.32. The van der Waals surface area contributed by atoms with Crippen molar-refractivity contribution in [3.63, 3.8) is 0 Å². The van der Waals surface area contributed by atoms with Crippen LogP contribution in [0.5, 0.6) is 0 Å². The molecule has 102 valence electrons. The average Bonchev–Trinajstić information content (AvgIpc) is 2.35. The number of nitrogens with one attached hydrogen (secondary N) is 1. The van der Waals surface area contributed by atoms with Gasteiger partial charge in [0.2, 0.25) is 0 Å². The molecule has 0 saturated carbocycles. The molecule has 0 spiro atoms. The van der Waals surface area contributed by atoms with Crippen molar-refractivity contribution in [2.45, 2.75) is 45.4 Å². The van der Waals surface area contributed by atoms with Crippen LogP contribution in [0.2, 0.25) is 0 Å². The summed E-state index contributed by atoms with van der Waals surface area (Å²) < 4.78 is 5.73. The molecule has 3 nitrogen and oxygen atoms in total. The predicted octanol–water partition coefficient (Wildman–Crippen LogP) is 2.30. The van der Waals surface area contributed by atoms with Gasteiger partial charge in [0, 0.05) is 6.04 Å². The molecule has 0 aliphatic rings. The van der Waals surface area contributed by atoms with Crippen LogP contribution in [0.4, 0.5) is 0 Å². The van der Waals surface area contributed by atoms with Crippen molar-refractivity contribution in [1.29, 1.82) is 0 Å². The third-order valence-corrected chi connectivity index (χ3v) is 2.82. The molecule has 0 heterocycles. The van der Waals surface area contributed by atoms with Crippen molar-refractivity contribution in [1.82, 2.24) is 5.32 Å².